The van der Waals surface area contributed by atoms with Crippen LogP contribution in [0.2, 0.25) is 0 Å². The summed E-state index contributed by atoms with van der Waals surface area (Å²) < 4.78 is 11.2. The summed E-state index contributed by atoms with van der Waals surface area (Å²) in [4.78, 5) is 2.26. The number of likely N-dealkylation sites (N-methyl/N-ethyl adjacent to an activating group) is 1. The van der Waals surface area contributed by atoms with Crippen LogP contribution in [-0.4, -0.2) is 68.7 Å². The minimum Gasteiger partial charge on any atom is -0.491 e. The lowest BCUT2D eigenvalue weighted by molar-refractivity contribution is -0.0196. The van der Waals surface area contributed by atoms with Crippen molar-refractivity contribution >= 4 is 0 Å². The maximum absolute atomic E-state index is 9.91. The normalized spacial score (nSPS) is 21.2. The van der Waals surface area contributed by atoms with Crippen LogP contribution in [0.5, 0.6) is 5.75 Å². The number of morpholine rings is 1. The molecule has 1 aliphatic heterocycles. The highest BCUT2D eigenvalue weighted by molar-refractivity contribution is 5.26. The molecule has 0 radical (unpaired) electrons. The number of hydrogen-bond acceptors (Lipinski definition) is 5. The van der Waals surface area contributed by atoms with Crippen molar-refractivity contribution < 1.29 is 14.6 Å². The van der Waals surface area contributed by atoms with E-state index in [0.29, 0.717) is 13.2 Å². The van der Waals surface area contributed by atoms with Gasteiger partial charge in [0.2, 0.25) is 0 Å². The number of aryl methyl sites for hydroxylation is 1. The molecule has 0 aromatic heterocycles. The van der Waals surface area contributed by atoms with Gasteiger partial charge in [0.15, 0.2) is 0 Å². The number of aliphatic hydroxyl groups excluding tert-OH is 1. The van der Waals surface area contributed by atoms with Crippen molar-refractivity contribution in [1.82, 2.24) is 10.2 Å². The van der Waals surface area contributed by atoms with Gasteiger partial charge in [0.05, 0.1) is 12.7 Å². The molecule has 0 saturated carbocycles. The van der Waals surface area contributed by atoms with Gasteiger partial charge in [-0.2, -0.15) is 0 Å². The molecule has 0 bridgehead atoms. The summed E-state index contributed by atoms with van der Waals surface area (Å²) in [5.41, 5.74) is 1.20. The van der Waals surface area contributed by atoms with Gasteiger partial charge in [0.1, 0.15) is 18.5 Å². The molecule has 5 nitrogen and oxygen atoms in total. The smallest absolute Gasteiger partial charge is 0.119 e. The molecule has 1 heterocycles. The fourth-order valence-corrected chi connectivity index (χ4v) is 2.29. The Kier molecular flexibility index (Phi) is 6.45. The van der Waals surface area contributed by atoms with Crippen LogP contribution < -0.4 is 10.1 Å². The first kappa shape index (κ1) is 16.2. The summed E-state index contributed by atoms with van der Waals surface area (Å²) in [6.45, 7) is 6.30. The van der Waals surface area contributed by atoms with E-state index in [2.05, 4.69) is 17.3 Å². The summed E-state index contributed by atoms with van der Waals surface area (Å²) in [7, 11) is 2.10. The molecule has 1 aromatic carbocycles. The van der Waals surface area contributed by atoms with Crippen LogP contribution in [0.4, 0.5) is 0 Å². The van der Waals surface area contributed by atoms with Gasteiger partial charge in [-0.05, 0) is 26.1 Å². The molecule has 1 aromatic rings. The van der Waals surface area contributed by atoms with Gasteiger partial charge < -0.3 is 24.8 Å². The van der Waals surface area contributed by atoms with Crippen molar-refractivity contribution in [1.29, 1.82) is 0 Å². The second-order valence-electron chi connectivity index (χ2n) is 5.69. The van der Waals surface area contributed by atoms with Crippen LogP contribution in [0, 0.1) is 6.92 Å². The maximum Gasteiger partial charge on any atom is 0.119 e. The van der Waals surface area contributed by atoms with Gasteiger partial charge in [0, 0.05) is 26.2 Å². The van der Waals surface area contributed by atoms with Crippen LogP contribution in [0.25, 0.3) is 0 Å². The van der Waals surface area contributed by atoms with E-state index in [9.17, 15) is 5.11 Å². The van der Waals surface area contributed by atoms with E-state index in [1.807, 2.05) is 31.2 Å². The Morgan fingerprint density at radius 1 is 1.43 bits per heavy atom. The second kappa shape index (κ2) is 8.34. The van der Waals surface area contributed by atoms with Gasteiger partial charge in [-0.3, -0.25) is 0 Å². The quantitative estimate of drug-likeness (QED) is 0.773. The Balaban J connectivity index is 1.59. The molecule has 5 heteroatoms. The van der Waals surface area contributed by atoms with Crippen molar-refractivity contribution in [2.75, 3.05) is 46.4 Å². The highest BCUT2D eigenvalue weighted by atomic mass is 16.5. The number of ether oxygens (including phenoxy) is 2. The summed E-state index contributed by atoms with van der Waals surface area (Å²) in [5, 5.41) is 13.1. The zero-order valence-corrected chi connectivity index (χ0v) is 12.9. The first-order chi connectivity index (χ1) is 10.1. The Morgan fingerprint density at radius 3 is 2.90 bits per heavy atom. The van der Waals surface area contributed by atoms with Crippen LogP contribution in [0.3, 0.4) is 0 Å². The summed E-state index contributed by atoms with van der Waals surface area (Å²) >= 11 is 0. The molecule has 2 atom stereocenters. The van der Waals surface area contributed by atoms with Crippen molar-refractivity contribution in [2.45, 2.75) is 19.1 Å². The lowest BCUT2D eigenvalue weighted by atomic mass is 10.2. The maximum atomic E-state index is 9.91. The third kappa shape index (κ3) is 6.01. The molecule has 1 saturated heterocycles. The predicted octanol–water partition coefficient (Wildman–Crippen LogP) is 0.655. The average molecular weight is 294 g/mol. The van der Waals surface area contributed by atoms with Crippen LogP contribution in [0.1, 0.15) is 5.56 Å². The van der Waals surface area contributed by atoms with E-state index in [-0.39, 0.29) is 6.10 Å². The summed E-state index contributed by atoms with van der Waals surface area (Å²) in [5.74, 6) is 0.789. The molecule has 0 spiro atoms. The van der Waals surface area contributed by atoms with Gasteiger partial charge in [-0.25, -0.2) is 0 Å². The first-order valence-electron chi connectivity index (χ1n) is 7.52. The molecule has 2 rings (SSSR count). The fraction of sp³-hybridized carbons (Fsp3) is 0.625. The second-order valence-corrected chi connectivity index (χ2v) is 5.69. The first-order valence-corrected chi connectivity index (χ1v) is 7.52. The number of nitrogens with zero attached hydrogens (tertiary/aromatic N) is 1. The lowest BCUT2D eigenvalue weighted by Gasteiger charge is -2.30. The Hall–Kier alpha value is -1.14. The van der Waals surface area contributed by atoms with E-state index in [0.717, 1.165) is 32.0 Å². The monoisotopic (exact) mass is 294 g/mol. The Bertz CT molecular complexity index is 410. The van der Waals surface area contributed by atoms with Gasteiger partial charge in [-0.15, -0.1) is 0 Å². The molecule has 118 valence electrons. The summed E-state index contributed by atoms with van der Waals surface area (Å²) in [6.07, 6.45) is -0.318. The predicted molar refractivity (Wildman–Crippen MR) is 82.8 cm³/mol. The minimum absolute atomic E-state index is 0.203. The zero-order valence-electron chi connectivity index (χ0n) is 12.9. The Morgan fingerprint density at radius 2 is 2.19 bits per heavy atom. The van der Waals surface area contributed by atoms with E-state index >= 15 is 0 Å². The summed E-state index contributed by atoms with van der Waals surface area (Å²) in [6, 6.07) is 7.83. The number of benzene rings is 1. The topological polar surface area (TPSA) is 54.0 Å². The molecule has 2 unspecified atom stereocenters. The molecular formula is C16H26N2O3. The third-order valence-electron chi connectivity index (χ3n) is 3.56. The number of hydrogen-bond donors (Lipinski definition) is 2. The molecule has 21 heavy (non-hydrogen) atoms. The van der Waals surface area contributed by atoms with Gasteiger partial charge in [0.25, 0.3) is 0 Å². The fourth-order valence-electron chi connectivity index (χ4n) is 2.29. The molecule has 1 fully saturated rings. The van der Waals surface area contributed by atoms with E-state index in [1.165, 1.54) is 5.56 Å². The Labute approximate surface area is 126 Å². The number of nitrogens with one attached hydrogen (secondary N) is 1. The molecule has 0 amide bonds. The number of aliphatic hydroxyl groups is 1. The molecule has 0 aliphatic carbocycles. The van der Waals surface area contributed by atoms with Gasteiger partial charge in [-0.1, -0.05) is 17.7 Å². The molecular weight excluding hydrogens is 268 g/mol. The van der Waals surface area contributed by atoms with Crippen molar-refractivity contribution in [3.63, 3.8) is 0 Å². The third-order valence-corrected chi connectivity index (χ3v) is 3.56. The largest absolute Gasteiger partial charge is 0.491 e. The zero-order chi connectivity index (χ0) is 15.1. The van der Waals surface area contributed by atoms with Crippen LogP contribution >= 0.6 is 0 Å². The van der Waals surface area contributed by atoms with Crippen molar-refractivity contribution in [3.8, 4) is 5.75 Å². The van der Waals surface area contributed by atoms with E-state index in [4.69, 9.17) is 9.47 Å². The SMILES string of the molecule is Cc1ccc(OCC(O)CNCC2CN(C)CCO2)cc1. The van der Waals surface area contributed by atoms with Crippen molar-refractivity contribution in [2.24, 2.45) is 0 Å². The minimum atomic E-state index is -0.521. The van der Waals surface area contributed by atoms with Crippen LogP contribution in [0.15, 0.2) is 24.3 Å². The molecule has 1 aliphatic rings. The lowest BCUT2D eigenvalue weighted by Crippen LogP contribution is -2.46. The van der Waals surface area contributed by atoms with E-state index in [1.54, 1.807) is 0 Å². The van der Waals surface area contributed by atoms with E-state index < -0.39 is 6.10 Å². The average Bonchev–Trinajstić information content (AvgIpc) is 2.47. The number of rotatable bonds is 7. The van der Waals surface area contributed by atoms with Crippen molar-refractivity contribution in [3.05, 3.63) is 29.8 Å². The molecule has 2 N–H and O–H groups in total. The standard InChI is InChI=1S/C16H26N2O3/c1-13-3-5-15(6-4-13)21-12-14(19)9-17-10-16-11-18(2)7-8-20-16/h3-6,14,16-17,19H,7-12H2,1-2H3. The van der Waals surface area contributed by atoms with Crippen LogP contribution in [-0.2, 0) is 4.74 Å². The van der Waals surface area contributed by atoms with Gasteiger partial charge >= 0.3 is 0 Å². The highest BCUT2D eigenvalue weighted by Crippen LogP contribution is 2.11. The highest BCUT2D eigenvalue weighted by Gasteiger charge is 2.17.